The van der Waals surface area contributed by atoms with Crippen molar-refractivity contribution in [1.29, 1.82) is 0 Å². The van der Waals surface area contributed by atoms with Crippen molar-refractivity contribution < 1.29 is 17.6 Å². The summed E-state index contributed by atoms with van der Waals surface area (Å²) in [6.45, 7) is 8.82. The lowest BCUT2D eigenvalue weighted by Crippen LogP contribution is -2.18. The van der Waals surface area contributed by atoms with Gasteiger partial charge in [0.1, 0.15) is 11.5 Å². The molecule has 3 rings (SSSR count). The summed E-state index contributed by atoms with van der Waals surface area (Å²) in [5.74, 6) is -1.30. The van der Waals surface area contributed by atoms with Crippen LogP contribution in [0.4, 0.5) is 29.2 Å². The highest BCUT2D eigenvalue weighted by molar-refractivity contribution is 6.59. The van der Waals surface area contributed by atoms with Crippen LogP contribution in [0.3, 0.4) is 0 Å². The molecule has 1 aromatic carbocycles. The van der Waals surface area contributed by atoms with Crippen LogP contribution < -0.4 is 5.73 Å². The van der Waals surface area contributed by atoms with Crippen LogP contribution in [0.15, 0.2) is 23.3 Å². The van der Waals surface area contributed by atoms with Crippen molar-refractivity contribution in [2.45, 2.75) is 59.0 Å². The van der Waals surface area contributed by atoms with Gasteiger partial charge < -0.3 is 5.73 Å². The summed E-state index contributed by atoms with van der Waals surface area (Å²) in [6.07, 6.45) is 0.370. The fraction of sp³-hybridized carbons (Fsp3) is 0.409. The van der Waals surface area contributed by atoms with Crippen molar-refractivity contribution in [2.24, 2.45) is 4.99 Å². The fourth-order valence-corrected chi connectivity index (χ4v) is 3.00. The first kappa shape index (κ1) is 29.3. The van der Waals surface area contributed by atoms with E-state index >= 15 is 0 Å². The van der Waals surface area contributed by atoms with Crippen molar-refractivity contribution in [3.8, 4) is 11.1 Å². The van der Waals surface area contributed by atoms with Crippen molar-refractivity contribution in [2.75, 3.05) is 5.73 Å². The molecule has 0 atom stereocenters. The van der Waals surface area contributed by atoms with Crippen LogP contribution in [-0.4, -0.2) is 50.8 Å². The van der Waals surface area contributed by atoms with E-state index in [2.05, 4.69) is 15.1 Å². The number of nitrogens with two attached hydrogens (primary N) is 1. The van der Waals surface area contributed by atoms with Crippen LogP contribution in [0.2, 0.25) is 5.11 Å². The average molecular weight is 469 g/mol. The van der Waals surface area contributed by atoms with Gasteiger partial charge in [-0.2, -0.15) is 0 Å². The molecule has 0 saturated carbocycles. The van der Waals surface area contributed by atoms with Crippen LogP contribution >= 0.6 is 0 Å². The van der Waals surface area contributed by atoms with Gasteiger partial charge in [0.05, 0.1) is 40.9 Å². The molecule has 0 bridgehead atoms. The van der Waals surface area contributed by atoms with Crippen molar-refractivity contribution >= 4 is 46.9 Å². The number of hydrogen-bond donors (Lipinski definition) is 1. The van der Waals surface area contributed by atoms with Gasteiger partial charge in [-0.05, 0) is 43.5 Å². The normalized spacial score (nSPS) is 11.4. The Morgan fingerprint density at radius 3 is 2.24 bits per heavy atom. The van der Waals surface area contributed by atoms with Crippen LogP contribution in [-0.2, 0) is 6.42 Å². The third kappa shape index (κ3) is 7.63. The van der Waals surface area contributed by atoms with E-state index in [-0.39, 0.29) is 41.3 Å². The molecule has 0 saturated heterocycles. The minimum Gasteiger partial charge on any atom is -0.367 e. The summed E-state index contributed by atoms with van der Waals surface area (Å²) in [7, 11) is 17.0. The van der Waals surface area contributed by atoms with E-state index in [9.17, 15) is 17.6 Å². The number of halogens is 4. The molecule has 0 unspecified atom stereocenters. The average Bonchev–Trinajstić information content (AvgIpc) is 3.07. The molecule has 34 heavy (non-hydrogen) atoms. The van der Waals surface area contributed by atoms with Crippen molar-refractivity contribution in [3.05, 3.63) is 41.2 Å². The van der Waals surface area contributed by atoms with E-state index in [1.54, 1.807) is 19.9 Å². The van der Waals surface area contributed by atoms with Gasteiger partial charge in [-0.25, -0.2) is 27.1 Å². The zero-order valence-corrected chi connectivity index (χ0v) is 19.9. The third-order valence-electron chi connectivity index (χ3n) is 4.26. The van der Waals surface area contributed by atoms with Gasteiger partial charge in [-0.15, -0.1) is 10.2 Å². The minimum atomic E-state index is -2.12. The lowest BCUT2D eigenvalue weighted by atomic mass is 9.41. The van der Waals surface area contributed by atoms with E-state index in [1.165, 1.54) is 23.7 Å². The maximum absolute atomic E-state index is 14.8. The second-order valence-corrected chi connectivity index (χ2v) is 7.16. The van der Waals surface area contributed by atoms with Gasteiger partial charge in [0.25, 0.3) is 0 Å². The molecule has 5 nitrogen and oxygen atoms in total. The SMILES string of the molecule is CC.CCC(F)F.[B]C([B])([B])Cc1nc(N)nn2cc(F)c(-c3cc(C)c(N=CC)c(F)c3)c12. The van der Waals surface area contributed by atoms with Crippen molar-refractivity contribution in [3.63, 3.8) is 0 Å². The Labute approximate surface area is 201 Å². The Bertz CT molecular complexity index is 1100. The fourth-order valence-electron chi connectivity index (χ4n) is 3.00. The second-order valence-electron chi connectivity index (χ2n) is 7.16. The Balaban J connectivity index is 0.000000733. The molecule has 12 heteroatoms. The molecule has 0 aliphatic rings. The van der Waals surface area contributed by atoms with Gasteiger partial charge in [0.15, 0.2) is 5.82 Å². The topological polar surface area (TPSA) is 68.6 Å². The monoisotopic (exact) mass is 469 g/mol. The molecule has 2 N–H and O–H groups in total. The summed E-state index contributed by atoms with van der Waals surface area (Å²) in [4.78, 5) is 8.10. The maximum atomic E-state index is 14.8. The Kier molecular flexibility index (Phi) is 10.9. The van der Waals surface area contributed by atoms with Gasteiger partial charge >= 0.3 is 0 Å². The molecule has 2 aromatic heterocycles. The maximum Gasteiger partial charge on any atom is 0.238 e. The molecule has 0 amide bonds. The van der Waals surface area contributed by atoms with E-state index in [1.807, 2.05) is 13.8 Å². The molecule has 2 heterocycles. The number of alkyl halides is 2. The molecular weight excluding hydrogens is 443 g/mol. The summed E-state index contributed by atoms with van der Waals surface area (Å²) in [6, 6.07) is 2.83. The van der Waals surface area contributed by atoms with E-state index in [0.29, 0.717) is 11.1 Å². The van der Waals surface area contributed by atoms with Crippen LogP contribution in [0.5, 0.6) is 0 Å². The van der Waals surface area contributed by atoms with Crippen LogP contribution in [0.25, 0.3) is 16.6 Å². The standard InChI is InChI=1S/C17H14B3F2N5.C3H6F2.C2H6/c1-3-24-14-8(2)4-9(5-10(14)21)13-11(22)7-27-15(13)12(6-17(18,19)20)25-16(23)26-27;1-2-3(4)5;1-2/h3-5,7H,6H2,1-2H3,(H2,23,26);3H,2H2,1H3;1-2H3. The first-order valence-corrected chi connectivity index (χ1v) is 10.6. The highest BCUT2D eigenvalue weighted by Crippen LogP contribution is 2.36. The van der Waals surface area contributed by atoms with Gasteiger partial charge in [-0.3, -0.25) is 4.99 Å². The smallest absolute Gasteiger partial charge is 0.238 e. The number of aromatic nitrogens is 3. The summed E-state index contributed by atoms with van der Waals surface area (Å²) < 4.78 is 52.0. The summed E-state index contributed by atoms with van der Waals surface area (Å²) >= 11 is 0. The molecule has 0 spiro atoms. The number of hydrogen-bond acceptors (Lipinski definition) is 4. The van der Waals surface area contributed by atoms with E-state index in [4.69, 9.17) is 29.3 Å². The Hall–Kier alpha value is -2.78. The predicted molar refractivity (Wildman–Crippen MR) is 133 cm³/mol. The second kappa shape index (κ2) is 12.6. The largest absolute Gasteiger partial charge is 0.367 e. The minimum absolute atomic E-state index is 0.0278. The highest BCUT2D eigenvalue weighted by Gasteiger charge is 2.23. The Morgan fingerprint density at radius 2 is 1.76 bits per heavy atom. The zero-order valence-electron chi connectivity index (χ0n) is 19.9. The van der Waals surface area contributed by atoms with E-state index < -0.39 is 23.2 Å². The number of nitrogens with zero attached hydrogens (tertiary/aromatic N) is 4. The number of fused-ring (bicyclic) bond motifs is 1. The predicted octanol–water partition coefficient (Wildman–Crippen LogP) is 5.10. The highest BCUT2D eigenvalue weighted by atomic mass is 19.3. The number of aryl methyl sites for hydroxylation is 1. The molecule has 176 valence electrons. The lowest BCUT2D eigenvalue weighted by Gasteiger charge is -2.20. The van der Waals surface area contributed by atoms with Gasteiger partial charge in [0.2, 0.25) is 12.4 Å². The lowest BCUT2D eigenvalue weighted by molar-refractivity contribution is 0.144. The van der Waals surface area contributed by atoms with E-state index in [0.717, 1.165) is 6.20 Å². The molecule has 0 aliphatic carbocycles. The van der Waals surface area contributed by atoms with Gasteiger partial charge in [-0.1, -0.05) is 20.8 Å². The molecule has 3 aromatic rings. The van der Waals surface area contributed by atoms with Crippen LogP contribution in [0.1, 0.15) is 45.4 Å². The number of rotatable bonds is 5. The van der Waals surface area contributed by atoms with Gasteiger partial charge in [0, 0.05) is 18.2 Å². The quantitative estimate of drug-likeness (QED) is 0.322. The molecule has 6 radical (unpaired) electrons. The zero-order chi connectivity index (χ0) is 26.2. The first-order valence-electron chi connectivity index (χ1n) is 10.6. The Morgan fingerprint density at radius 1 is 1.18 bits per heavy atom. The summed E-state index contributed by atoms with van der Waals surface area (Å²) in [5, 5.41) is 2.37. The van der Waals surface area contributed by atoms with Crippen molar-refractivity contribution in [1.82, 2.24) is 14.6 Å². The molecule has 0 aliphatic heterocycles. The third-order valence-corrected chi connectivity index (χ3v) is 4.26. The number of benzene rings is 1. The number of aliphatic imine (C=N–C) groups is 1. The molecule has 0 fully saturated rings. The summed E-state index contributed by atoms with van der Waals surface area (Å²) in [5.41, 5.74) is 7.33. The van der Waals surface area contributed by atoms with Crippen LogP contribution in [0, 0.1) is 18.6 Å². The first-order chi connectivity index (χ1) is 15.9. The number of nitrogen functional groups attached to an aromatic ring is 1. The number of anilines is 1. The molecular formula is C22H26B3F4N5.